The van der Waals surface area contributed by atoms with Gasteiger partial charge in [-0.15, -0.1) is 0 Å². The van der Waals surface area contributed by atoms with Crippen molar-refractivity contribution < 1.29 is 9.53 Å². The van der Waals surface area contributed by atoms with Crippen LogP contribution in [0.1, 0.15) is 24.2 Å². The highest BCUT2D eigenvalue weighted by Crippen LogP contribution is 2.28. The lowest BCUT2D eigenvalue weighted by atomic mass is 10.1. The number of aromatic nitrogens is 2. The summed E-state index contributed by atoms with van der Waals surface area (Å²) in [5.74, 6) is 1.08. The Bertz CT molecular complexity index is 662. The first-order valence-corrected chi connectivity index (χ1v) is 6.39. The van der Waals surface area contributed by atoms with Gasteiger partial charge in [0.1, 0.15) is 5.75 Å². The Hall–Kier alpha value is -2.43. The van der Waals surface area contributed by atoms with E-state index in [4.69, 9.17) is 4.74 Å². The molecule has 0 radical (unpaired) electrons. The Morgan fingerprint density at radius 2 is 2.10 bits per heavy atom. The van der Waals surface area contributed by atoms with Gasteiger partial charge < -0.3 is 4.74 Å². The summed E-state index contributed by atoms with van der Waals surface area (Å²) in [4.78, 5) is 22.2. The van der Waals surface area contributed by atoms with Crippen LogP contribution in [0.25, 0.3) is 11.3 Å². The maximum Gasteiger partial charge on any atom is 0.274 e. The van der Waals surface area contributed by atoms with Crippen molar-refractivity contribution in [1.29, 1.82) is 0 Å². The van der Waals surface area contributed by atoms with Crippen LogP contribution in [0.2, 0.25) is 0 Å². The van der Waals surface area contributed by atoms with Crippen molar-refractivity contribution in [1.82, 2.24) is 10.2 Å². The number of rotatable bonds is 5. The van der Waals surface area contributed by atoms with Crippen molar-refractivity contribution >= 4 is 6.29 Å². The highest BCUT2D eigenvalue weighted by atomic mass is 16.5. The molecule has 0 bridgehead atoms. The van der Waals surface area contributed by atoms with Crippen LogP contribution in [0.4, 0.5) is 0 Å². The van der Waals surface area contributed by atoms with E-state index in [0.717, 1.165) is 5.56 Å². The van der Waals surface area contributed by atoms with E-state index < -0.39 is 5.56 Å². The Morgan fingerprint density at radius 3 is 2.80 bits per heavy atom. The molecule has 0 aliphatic heterocycles. The molecule has 0 unspecified atom stereocenters. The Kier molecular flexibility index (Phi) is 4.30. The number of benzene rings is 1. The maximum atomic E-state index is 11.4. The summed E-state index contributed by atoms with van der Waals surface area (Å²) in [6.07, 6.45) is 0.515. The zero-order valence-electron chi connectivity index (χ0n) is 11.4. The van der Waals surface area contributed by atoms with Gasteiger partial charge in [0.25, 0.3) is 5.56 Å². The van der Waals surface area contributed by atoms with Gasteiger partial charge in [-0.05, 0) is 24.1 Å². The summed E-state index contributed by atoms with van der Waals surface area (Å²) in [5.41, 5.74) is 0.802. The topological polar surface area (TPSA) is 72.1 Å². The molecule has 0 aliphatic carbocycles. The third-order valence-electron chi connectivity index (χ3n) is 2.69. The molecule has 0 saturated heterocycles. The minimum absolute atomic E-state index is 0.0497. The number of carbonyl (C=O) groups excluding carboxylic acids is 1. The second-order valence-electron chi connectivity index (χ2n) is 4.86. The summed E-state index contributed by atoms with van der Waals surface area (Å²) in [7, 11) is 0. The number of aromatic amines is 1. The molecule has 1 aromatic carbocycles. The average molecular weight is 272 g/mol. The van der Waals surface area contributed by atoms with Crippen LogP contribution < -0.4 is 10.3 Å². The quantitative estimate of drug-likeness (QED) is 0.848. The number of aldehydes is 1. The zero-order valence-corrected chi connectivity index (χ0v) is 11.4. The summed E-state index contributed by atoms with van der Waals surface area (Å²) in [5, 5.41) is 6.29. The fraction of sp³-hybridized carbons (Fsp3) is 0.267. The van der Waals surface area contributed by atoms with Crippen LogP contribution in [0.3, 0.4) is 0 Å². The summed E-state index contributed by atoms with van der Waals surface area (Å²) in [6.45, 7) is 4.71. The summed E-state index contributed by atoms with van der Waals surface area (Å²) in [6, 6.07) is 8.86. The van der Waals surface area contributed by atoms with E-state index in [1.807, 2.05) is 24.3 Å². The second-order valence-corrected chi connectivity index (χ2v) is 4.86. The van der Waals surface area contributed by atoms with Gasteiger partial charge in [-0.1, -0.05) is 26.0 Å². The minimum Gasteiger partial charge on any atom is -0.493 e. The maximum absolute atomic E-state index is 11.4. The normalized spacial score (nSPS) is 10.6. The van der Waals surface area contributed by atoms with Crippen LogP contribution >= 0.6 is 0 Å². The second kappa shape index (κ2) is 6.14. The molecular weight excluding hydrogens is 256 g/mol. The molecule has 5 nitrogen and oxygen atoms in total. The lowest BCUT2D eigenvalue weighted by Crippen LogP contribution is -2.14. The molecule has 104 valence electrons. The minimum atomic E-state index is -0.496. The molecule has 0 fully saturated rings. The van der Waals surface area contributed by atoms with E-state index in [2.05, 4.69) is 24.0 Å². The molecule has 1 N–H and O–H groups in total. The molecule has 0 saturated carbocycles. The number of para-hydroxylation sites is 1. The van der Waals surface area contributed by atoms with Gasteiger partial charge >= 0.3 is 0 Å². The highest BCUT2D eigenvalue weighted by Gasteiger charge is 2.10. The van der Waals surface area contributed by atoms with Crippen molar-refractivity contribution in [3.05, 3.63) is 46.2 Å². The van der Waals surface area contributed by atoms with Crippen molar-refractivity contribution in [2.24, 2.45) is 5.92 Å². The largest absolute Gasteiger partial charge is 0.493 e. The van der Waals surface area contributed by atoms with Crippen molar-refractivity contribution in [3.63, 3.8) is 0 Å². The Labute approximate surface area is 116 Å². The number of carbonyl (C=O) groups is 1. The zero-order chi connectivity index (χ0) is 14.5. The smallest absolute Gasteiger partial charge is 0.274 e. The monoisotopic (exact) mass is 272 g/mol. The Balaban J connectivity index is 2.42. The molecule has 0 aliphatic rings. The van der Waals surface area contributed by atoms with E-state index in [-0.39, 0.29) is 5.56 Å². The van der Waals surface area contributed by atoms with Crippen LogP contribution in [-0.2, 0) is 0 Å². The molecule has 1 aromatic heterocycles. The standard InChI is InChI=1S/C15H16N2O3/c1-10(2)9-20-14-6-4-3-5-12(14)13-7-11(8-18)15(19)17-16-13/h3-8,10H,9H2,1-2H3,(H,17,19). The lowest BCUT2D eigenvalue weighted by Gasteiger charge is -2.12. The van der Waals surface area contributed by atoms with Crippen LogP contribution in [0.15, 0.2) is 35.1 Å². The van der Waals surface area contributed by atoms with E-state index in [1.165, 1.54) is 6.07 Å². The van der Waals surface area contributed by atoms with Crippen molar-refractivity contribution in [2.45, 2.75) is 13.8 Å². The fourth-order valence-corrected chi connectivity index (χ4v) is 1.71. The average Bonchev–Trinajstić information content (AvgIpc) is 2.46. The number of ether oxygens (including phenoxy) is 1. The van der Waals surface area contributed by atoms with Gasteiger partial charge in [0, 0.05) is 5.56 Å². The van der Waals surface area contributed by atoms with Gasteiger partial charge in [0.15, 0.2) is 6.29 Å². The first-order chi connectivity index (χ1) is 9.61. The molecule has 5 heteroatoms. The van der Waals surface area contributed by atoms with Crippen LogP contribution in [0, 0.1) is 5.92 Å². The number of nitrogens with zero attached hydrogens (tertiary/aromatic N) is 1. The van der Waals surface area contributed by atoms with Crippen molar-refractivity contribution in [3.8, 4) is 17.0 Å². The molecule has 0 spiro atoms. The SMILES string of the molecule is CC(C)COc1ccccc1-c1cc(C=O)c(=O)[nH]n1. The fourth-order valence-electron chi connectivity index (χ4n) is 1.71. The highest BCUT2D eigenvalue weighted by molar-refractivity contribution is 5.77. The predicted octanol–water partition coefficient (Wildman–Crippen LogP) is 2.28. The molecule has 1 heterocycles. The number of hydrogen-bond acceptors (Lipinski definition) is 4. The van der Waals surface area contributed by atoms with Crippen LogP contribution in [0.5, 0.6) is 5.75 Å². The van der Waals surface area contributed by atoms with E-state index in [1.54, 1.807) is 0 Å². The van der Waals surface area contributed by atoms with Gasteiger partial charge in [-0.25, -0.2) is 5.10 Å². The summed E-state index contributed by atoms with van der Waals surface area (Å²) < 4.78 is 5.74. The number of nitrogens with one attached hydrogen (secondary N) is 1. The molecule has 2 aromatic rings. The van der Waals surface area contributed by atoms with E-state index in [0.29, 0.717) is 30.3 Å². The third-order valence-corrected chi connectivity index (χ3v) is 2.69. The first-order valence-electron chi connectivity index (χ1n) is 6.39. The van der Waals surface area contributed by atoms with Crippen molar-refractivity contribution in [2.75, 3.05) is 6.61 Å². The molecular formula is C15H16N2O3. The Morgan fingerprint density at radius 1 is 1.35 bits per heavy atom. The molecule has 0 amide bonds. The van der Waals surface area contributed by atoms with E-state index >= 15 is 0 Å². The molecule has 20 heavy (non-hydrogen) atoms. The predicted molar refractivity (Wildman–Crippen MR) is 76.0 cm³/mol. The van der Waals surface area contributed by atoms with Gasteiger partial charge in [-0.3, -0.25) is 9.59 Å². The summed E-state index contributed by atoms with van der Waals surface area (Å²) >= 11 is 0. The third kappa shape index (κ3) is 3.12. The van der Waals surface area contributed by atoms with Gasteiger partial charge in [0.05, 0.1) is 17.9 Å². The first kappa shape index (κ1) is 14.0. The van der Waals surface area contributed by atoms with Gasteiger partial charge in [-0.2, -0.15) is 5.10 Å². The van der Waals surface area contributed by atoms with Gasteiger partial charge in [0.2, 0.25) is 0 Å². The molecule has 0 atom stereocenters. The van der Waals surface area contributed by atoms with Crippen LogP contribution in [-0.4, -0.2) is 23.1 Å². The van der Waals surface area contributed by atoms with E-state index in [9.17, 15) is 9.59 Å². The lowest BCUT2D eigenvalue weighted by molar-refractivity contribution is 0.112. The number of hydrogen-bond donors (Lipinski definition) is 1. The molecule has 2 rings (SSSR count). The number of H-pyrrole nitrogens is 1.